The smallest absolute Gasteiger partial charge is 0.259 e. The van der Waals surface area contributed by atoms with Crippen LogP contribution in [0.1, 0.15) is 18.9 Å². The van der Waals surface area contributed by atoms with Crippen molar-refractivity contribution >= 4 is 17.3 Å². The van der Waals surface area contributed by atoms with E-state index in [1.165, 1.54) is 0 Å². The van der Waals surface area contributed by atoms with Crippen LogP contribution in [0.4, 0.5) is 5.69 Å². The fourth-order valence-corrected chi connectivity index (χ4v) is 2.11. The first-order valence-corrected chi connectivity index (χ1v) is 7.52. The highest BCUT2D eigenvalue weighted by Gasteiger charge is 2.05. The lowest BCUT2D eigenvalue weighted by molar-refractivity contribution is -0.119. The number of nitrogens with zero attached hydrogens (tertiary/aromatic N) is 1. The Labute approximate surface area is 136 Å². The molecule has 23 heavy (non-hydrogen) atoms. The molecule has 0 aliphatic carbocycles. The van der Waals surface area contributed by atoms with Crippen LogP contribution >= 0.6 is 0 Å². The van der Waals surface area contributed by atoms with E-state index in [9.17, 15) is 4.79 Å². The van der Waals surface area contributed by atoms with Crippen molar-refractivity contribution in [1.82, 2.24) is 5.43 Å². The largest absolute Gasteiger partial charge is 0.495 e. The van der Waals surface area contributed by atoms with Gasteiger partial charge in [0.25, 0.3) is 5.91 Å². The Hall–Kier alpha value is -2.82. The van der Waals surface area contributed by atoms with Crippen molar-refractivity contribution in [2.24, 2.45) is 5.10 Å². The molecule has 2 N–H and O–H groups in total. The minimum Gasteiger partial charge on any atom is -0.495 e. The SMILES string of the molecule is CCC(=NNC(=O)CNc1ccccc1OC)c1ccccc1. The number of methoxy groups -OCH3 is 1. The summed E-state index contributed by atoms with van der Waals surface area (Å²) in [4.78, 5) is 11.9. The molecule has 0 aromatic heterocycles. The lowest BCUT2D eigenvalue weighted by Crippen LogP contribution is -2.27. The van der Waals surface area contributed by atoms with Gasteiger partial charge >= 0.3 is 0 Å². The van der Waals surface area contributed by atoms with Crippen LogP contribution in [0.25, 0.3) is 0 Å². The van der Waals surface area contributed by atoms with E-state index < -0.39 is 0 Å². The van der Waals surface area contributed by atoms with E-state index in [-0.39, 0.29) is 12.5 Å². The molecule has 1 amide bonds. The van der Waals surface area contributed by atoms with Crippen molar-refractivity contribution in [3.05, 3.63) is 60.2 Å². The number of ether oxygens (including phenoxy) is 1. The van der Waals surface area contributed by atoms with Gasteiger partial charge in [0.2, 0.25) is 0 Å². The average molecular weight is 311 g/mol. The third kappa shape index (κ3) is 4.85. The highest BCUT2D eigenvalue weighted by Crippen LogP contribution is 2.22. The van der Waals surface area contributed by atoms with Crippen LogP contribution < -0.4 is 15.5 Å². The van der Waals surface area contributed by atoms with Crippen molar-refractivity contribution in [1.29, 1.82) is 0 Å². The van der Waals surface area contributed by atoms with Crippen molar-refractivity contribution in [2.75, 3.05) is 19.0 Å². The predicted octanol–water partition coefficient (Wildman–Crippen LogP) is 3.04. The minimum atomic E-state index is -0.210. The van der Waals surface area contributed by atoms with Gasteiger partial charge in [-0.15, -0.1) is 0 Å². The van der Waals surface area contributed by atoms with Gasteiger partial charge in [0.15, 0.2) is 0 Å². The average Bonchev–Trinajstić information content (AvgIpc) is 2.61. The van der Waals surface area contributed by atoms with Crippen molar-refractivity contribution in [3.63, 3.8) is 0 Å². The fourth-order valence-electron chi connectivity index (χ4n) is 2.11. The molecule has 5 heteroatoms. The van der Waals surface area contributed by atoms with Crippen LogP contribution in [-0.2, 0) is 4.79 Å². The molecule has 0 unspecified atom stereocenters. The number of hydrogen-bond acceptors (Lipinski definition) is 4. The number of anilines is 1. The maximum Gasteiger partial charge on any atom is 0.259 e. The Balaban J connectivity index is 1.93. The zero-order chi connectivity index (χ0) is 16.5. The van der Waals surface area contributed by atoms with Crippen LogP contribution in [0, 0.1) is 0 Å². The molecule has 0 heterocycles. The fraction of sp³-hybridized carbons (Fsp3) is 0.222. The normalized spacial score (nSPS) is 11.0. The molecule has 0 fully saturated rings. The van der Waals surface area contributed by atoms with Crippen LogP contribution in [0.2, 0.25) is 0 Å². The number of amides is 1. The maximum absolute atomic E-state index is 11.9. The van der Waals surface area contributed by atoms with Gasteiger partial charge in [0.05, 0.1) is 25.1 Å². The maximum atomic E-state index is 11.9. The molecule has 120 valence electrons. The molecular formula is C18H21N3O2. The summed E-state index contributed by atoms with van der Waals surface area (Å²) < 4.78 is 5.23. The Bertz CT molecular complexity index is 669. The second-order valence-corrected chi connectivity index (χ2v) is 4.87. The minimum absolute atomic E-state index is 0.121. The van der Waals surface area contributed by atoms with Gasteiger partial charge < -0.3 is 10.1 Å². The molecule has 0 aliphatic rings. The number of hydrogen-bond donors (Lipinski definition) is 2. The highest BCUT2D eigenvalue weighted by molar-refractivity contribution is 6.00. The van der Waals surface area contributed by atoms with E-state index in [0.717, 1.165) is 23.4 Å². The van der Waals surface area contributed by atoms with Gasteiger partial charge in [-0.1, -0.05) is 49.4 Å². The number of hydrazone groups is 1. The summed E-state index contributed by atoms with van der Waals surface area (Å²) in [5.41, 5.74) is 5.21. The van der Waals surface area contributed by atoms with Crippen LogP contribution in [0.15, 0.2) is 59.7 Å². The van der Waals surface area contributed by atoms with Crippen LogP contribution in [0.5, 0.6) is 5.75 Å². The molecule has 0 atom stereocenters. The summed E-state index contributed by atoms with van der Waals surface area (Å²) in [6, 6.07) is 17.2. The van der Waals surface area contributed by atoms with Crippen LogP contribution in [-0.4, -0.2) is 25.3 Å². The molecule has 0 bridgehead atoms. The van der Waals surface area contributed by atoms with Crippen molar-refractivity contribution < 1.29 is 9.53 Å². The molecule has 0 aliphatic heterocycles. The van der Waals surface area contributed by atoms with Crippen molar-refractivity contribution in [2.45, 2.75) is 13.3 Å². The Morgan fingerprint density at radius 1 is 1.09 bits per heavy atom. The van der Waals surface area contributed by atoms with Gasteiger partial charge in [-0.05, 0) is 24.1 Å². The molecular weight excluding hydrogens is 290 g/mol. The van der Waals surface area contributed by atoms with E-state index in [4.69, 9.17) is 4.74 Å². The second-order valence-electron chi connectivity index (χ2n) is 4.87. The quantitative estimate of drug-likeness (QED) is 0.610. The van der Waals surface area contributed by atoms with E-state index in [1.807, 2.05) is 61.5 Å². The first kappa shape index (κ1) is 16.5. The number of rotatable bonds is 7. The van der Waals surface area contributed by atoms with E-state index in [2.05, 4.69) is 15.8 Å². The third-order valence-corrected chi connectivity index (χ3v) is 3.30. The van der Waals surface area contributed by atoms with Gasteiger partial charge in [0.1, 0.15) is 5.75 Å². The zero-order valence-electron chi connectivity index (χ0n) is 13.4. The summed E-state index contributed by atoms with van der Waals surface area (Å²) in [5.74, 6) is 0.486. The standard InChI is InChI=1S/C18H21N3O2/c1-3-15(14-9-5-4-6-10-14)20-21-18(22)13-19-16-11-7-8-12-17(16)23-2/h4-12,19H,3,13H2,1-2H3,(H,21,22). The lowest BCUT2D eigenvalue weighted by Gasteiger charge is -2.10. The molecule has 2 aromatic carbocycles. The third-order valence-electron chi connectivity index (χ3n) is 3.30. The summed E-state index contributed by atoms with van der Waals surface area (Å²) in [7, 11) is 1.60. The molecule has 0 saturated carbocycles. The lowest BCUT2D eigenvalue weighted by atomic mass is 10.1. The molecule has 2 aromatic rings. The monoisotopic (exact) mass is 311 g/mol. The van der Waals surface area contributed by atoms with Gasteiger partial charge in [-0.3, -0.25) is 4.79 Å². The second kappa shape index (κ2) is 8.58. The summed E-state index contributed by atoms with van der Waals surface area (Å²) >= 11 is 0. The topological polar surface area (TPSA) is 62.7 Å². The summed E-state index contributed by atoms with van der Waals surface area (Å²) in [5, 5.41) is 7.25. The Morgan fingerprint density at radius 2 is 1.78 bits per heavy atom. The van der Waals surface area contributed by atoms with Gasteiger partial charge in [-0.25, -0.2) is 5.43 Å². The zero-order valence-corrected chi connectivity index (χ0v) is 13.4. The molecule has 0 radical (unpaired) electrons. The number of nitrogens with one attached hydrogen (secondary N) is 2. The first-order valence-electron chi connectivity index (χ1n) is 7.52. The van der Waals surface area contributed by atoms with E-state index in [1.54, 1.807) is 7.11 Å². The molecule has 2 rings (SSSR count). The summed E-state index contributed by atoms with van der Waals surface area (Å²) in [6.45, 7) is 2.13. The molecule has 0 saturated heterocycles. The number of para-hydroxylation sites is 2. The van der Waals surface area contributed by atoms with Crippen molar-refractivity contribution in [3.8, 4) is 5.75 Å². The van der Waals surface area contributed by atoms with E-state index >= 15 is 0 Å². The van der Waals surface area contributed by atoms with E-state index in [0.29, 0.717) is 5.75 Å². The number of carbonyl (C=O) groups is 1. The Kier molecular flexibility index (Phi) is 6.17. The number of carbonyl (C=O) groups excluding carboxylic acids is 1. The first-order chi connectivity index (χ1) is 11.2. The number of benzene rings is 2. The Morgan fingerprint density at radius 3 is 2.48 bits per heavy atom. The van der Waals surface area contributed by atoms with Gasteiger partial charge in [-0.2, -0.15) is 5.10 Å². The van der Waals surface area contributed by atoms with Crippen LogP contribution in [0.3, 0.4) is 0 Å². The van der Waals surface area contributed by atoms with Gasteiger partial charge in [0, 0.05) is 0 Å². The predicted molar refractivity (Wildman–Crippen MR) is 92.9 cm³/mol. The molecule has 5 nitrogen and oxygen atoms in total. The highest BCUT2D eigenvalue weighted by atomic mass is 16.5. The summed E-state index contributed by atoms with van der Waals surface area (Å²) in [6.07, 6.45) is 0.740. The molecule has 0 spiro atoms.